The van der Waals surface area contributed by atoms with E-state index in [0.29, 0.717) is 5.02 Å². The fraction of sp³-hybridized carbons (Fsp3) is 0.133. The molecule has 0 atom stereocenters. The molecule has 1 heterocycles. The fourth-order valence-electron chi connectivity index (χ4n) is 1.41. The standard InChI is InChI=1S/C8H5Cl3O3.C7H4Cl3NO3/c9-4-1-6(11)7(2-5(4)10)14-3-8(12)13;8-3-1-4(9)7(11-6(3)10)14-2-5(12)13/h1-2H,3H2,(H,12,13);1H,2H2,(H,12,13). The fourth-order valence-corrected chi connectivity index (χ4v) is 2.55. The molecule has 0 amide bonds. The Hall–Kier alpha value is -1.35. The van der Waals surface area contributed by atoms with Crippen molar-refractivity contribution >= 4 is 81.5 Å². The topological polar surface area (TPSA) is 106 Å². The van der Waals surface area contributed by atoms with E-state index >= 15 is 0 Å². The molecule has 0 aliphatic heterocycles. The largest absolute Gasteiger partial charge is 0.480 e. The molecule has 0 unspecified atom stereocenters. The van der Waals surface area contributed by atoms with Crippen LogP contribution in [-0.2, 0) is 9.59 Å². The van der Waals surface area contributed by atoms with Crippen molar-refractivity contribution in [2.75, 3.05) is 13.2 Å². The second kappa shape index (κ2) is 11.6. The highest BCUT2D eigenvalue weighted by Crippen LogP contribution is 2.33. The van der Waals surface area contributed by atoms with E-state index in [1.165, 1.54) is 18.2 Å². The van der Waals surface area contributed by atoms with Gasteiger partial charge in [0.15, 0.2) is 18.4 Å². The number of benzene rings is 1. The van der Waals surface area contributed by atoms with Crippen molar-refractivity contribution in [3.8, 4) is 11.6 Å². The van der Waals surface area contributed by atoms with Crippen molar-refractivity contribution in [2.45, 2.75) is 0 Å². The summed E-state index contributed by atoms with van der Waals surface area (Å²) in [5.41, 5.74) is 0. The molecule has 28 heavy (non-hydrogen) atoms. The number of hydrogen-bond donors (Lipinski definition) is 2. The Morgan fingerprint density at radius 2 is 1.25 bits per heavy atom. The van der Waals surface area contributed by atoms with E-state index in [4.69, 9.17) is 89.3 Å². The second-order valence-electron chi connectivity index (χ2n) is 4.61. The van der Waals surface area contributed by atoms with Gasteiger partial charge in [0.2, 0.25) is 5.88 Å². The minimum Gasteiger partial charge on any atom is -0.480 e. The molecule has 2 N–H and O–H groups in total. The summed E-state index contributed by atoms with van der Waals surface area (Å²) in [5.74, 6) is -2.08. The van der Waals surface area contributed by atoms with Gasteiger partial charge in [-0.25, -0.2) is 9.59 Å². The zero-order valence-corrected chi connectivity index (χ0v) is 17.9. The molecular formula is C15H9Cl6NO6. The number of aromatic nitrogens is 1. The number of aliphatic carboxylic acids is 2. The van der Waals surface area contributed by atoms with Gasteiger partial charge < -0.3 is 19.7 Å². The Bertz CT molecular complexity index is 807. The average molecular weight is 512 g/mol. The van der Waals surface area contributed by atoms with Crippen molar-refractivity contribution in [3.63, 3.8) is 0 Å². The number of ether oxygens (including phenoxy) is 2. The van der Waals surface area contributed by atoms with E-state index < -0.39 is 25.2 Å². The van der Waals surface area contributed by atoms with Gasteiger partial charge >= 0.3 is 11.9 Å². The van der Waals surface area contributed by atoms with Gasteiger partial charge in [-0.1, -0.05) is 69.6 Å². The first-order chi connectivity index (χ1) is 13.0. The van der Waals surface area contributed by atoms with Crippen molar-refractivity contribution in [1.29, 1.82) is 0 Å². The maximum atomic E-state index is 10.2. The molecule has 0 aliphatic rings. The summed E-state index contributed by atoms with van der Waals surface area (Å²) >= 11 is 33.9. The van der Waals surface area contributed by atoms with Crippen LogP contribution in [0.1, 0.15) is 0 Å². The lowest BCUT2D eigenvalue weighted by molar-refractivity contribution is -0.140. The van der Waals surface area contributed by atoms with E-state index in [1.54, 1.807) is 0 Å². The summed E-state index contributed by atoms with van der Waals surface area (Å²) in [7, 11) is 0. The van der Waals surface area contributed by atoms with E-state index in [1.807, 2.05) is 0 Å². The smallest absolute Gasteiger partial charge is 0.341 e. The van der Waals surface area contributed by atoms with Gasteiger partial charge in [-0.05, 0) is 12.1 Å². The van der Waals surface area contributed by atoms with Crippen molar-refractivity contribution in [1.82, 2.24) is 4.98 Å². The van der Waals surface area contributed by atoms with Crippen LogP contribution in [0.3, 0.4) is 0 Å². The molecule has 1 aromatic carbocycles. The number of hydrogen-bond acceptors (Lipinski definition) is 5. The number of carboxylic acid groups (broad SMARTS) is 2. The van der Waals surface area contributed by atoms with Crippen molar-refractivity contribution in [2.24, 2.45) is 0 Å². The minimum atomic E-state index is -1.13. The monoisotopic (exact) mass is 509 g/mol. The second-order valence-corrected chi connectivity index (χ2v) is 7.00. The molecule has 0 bridgehead atoms. The summed E-state index contributed by atoms with van der Waals surface area (Å²) in [6.07, 6.45) is 0. The highest BCUT2D eigenvalue weighted by atomic mass is 35.5. The third kappa shape index (κ3) is 8.34. The first kappa shape index (κ1) is 24.7. The number of halogens is 6. The SMILES string of the molecule is O=C(O)COc1cc(Cl)c(Cl)cc1Cl.O=C(O)COc1nc(Cl)c(Cl)cc1Cl. The average Bonchev–Trinajstić information content (AvgIpc) is 2.59. The molecule has 0 saturated heterocycles. The van der Waals surface area contributed by atoms with Gasteiger partial charge in [0.1, 0.15) is 10.8 Å². The summed E-state index contributed by atoms with van der Waals surface area (Å²) < 4.78 is 9.61. The molecule has 0 aliphatic carbocycles. The highest BCUT2D eigenvalue weighted by Gasteiger charge is 2.10. The van der Waals surface area contributed by atoms with Crippen LogP contribution in [0.5, 0.6) is 11.6 Å². The first-order valence-electron chi connectivity index (χ1n) is 6.86. The predicted octanol–water partition coefficient (Wildman–Crippen LogP) is 5.62. The molecule has 0 saturated carbocycles. The molecule has 152 valence electrons. The normalized spacial score (nSPS) is 9.93. The Morgan fingerprint density at radius 3 is 1.82 bits per heavy atom. The number of carboxylic acids is 2. The maximum absolute atomic E-state index is 10.2. The van der Waals surface area contributed by atoms with Crippen LogP contribution in [0, 0.1) is 0 Å². The molecule has 0 radical (unpaired) electrons. The zero-order chi connectivity index (χ0) is 21.4. The lowest BCUT2D eigenvalue weighted by atomic mass is 10.3. The highest BCUT2D eigenvalue weighted by molar-refractivity contribution is 6.43. The Labute approximate surface area is 188 Å². The van der Waals surface area contributed by atoms with Crippen LogP contribution < -0.4 is 9.47 Å². The number of nitrogens with zero attached hydrogens (tertiary/aromatic N) is 1. The van der Waals surface area contributed by atoms with Gasteiger partial charge in [-0.15, -0.1) is 0 Å². The molecule has 2 rings (SSSR count). The molecule has 1 aromatic heterocycles. The van der Waals surface area contributed by atoms with Gasteiger partial charge in [0.05, 0.1) is 20.1 Å². The molecule has 0 fully saturated rings. The first-order valence-corrected chi connectivity index (χ1v) is 9.13. The minimum absolute atomic E-state index is 0.0106. The lowest BCUT2D eigenvalue weighted by Crippen LogP contribution is -2.10. The van der Waals surface area contributed by atoms with E-state index in [2.05, 4.69) is 4.98 Å². The van der Waals surface area contributed by atoms with Crippen LogP contribution in [0.4, 0.5) is 0 Å². The maximum Gasteiger partial charge on any atom is 0.341 e. The third-order valence-electron chi connectivity index (χ3n) is 2.51. The third-order valence-corrected chi connectivity index (χ3v) is 4.47. The Morgan fingerprint density at radius 1 is 0.750 bits per heavy atom. The van der Waals surface area contributed by atoms with Crippen LogP contribution >= 0.6 is 69.6 Å². The molecule has 2 aromatic rings. The summed E-state index contributed by atoms with van der Waals surface area (Å²) in [4.78, 5) is 24.0. The molecule has 7 nitrogen and oxygen atoms in total. The van der Waals surface area contributed by atoms with Gasteiger partial charge in [0.25, 0.3) is 0 Å². The van der Waals surface area contributed by atoms with Crippen LogP contribution in [0.2, 0.25) is 30.3 Å². The van der Waals surface area contributed by atoms with E-state index in [0.717, 1.165) is 0 Å². The summed E-state index contributed by atoms with van der Waals surface area (Å²) in [5, 5.41) is 17.8. The van der Waals surface area contributed by atoms with E-state index in [9.17, 15) is 9.59 Å². The Kier molecular flexibility index (Phi) is 10.2. The summed E-state index contributed by atoms with van der Waals surface area (Å²) in [6, 6.07) is 4.09. The molecular weight excluding hydrogens is 503 g/mol. The molecule has 13 heteroatoms. The van der Waals surface area contributed by atoms with Crippen molar-refractivity contribution < 1.29 is 29.3 Å². The van der Waals surface area contributed by atoms with Gasteiger partial charge in [0, 0.05) is 6.07 Å². The lowest BCUT2D eigenvalue weighted by Gasteiger charge is -2.06. The zero-order valence-electron chi connectivity index (χ0n) is 13.4. The van der Waals surface area contributed by atoms with Crippen LogP contribution in [-0.4, -0.2) is 40.3 Å². The number of pyridine rings is 1. The quantitative estimate of drug-likeness (QED) is 0.383. The number of rotatable bonds is 6. The predicted molar refractivity (Wildman–Crippen MR) is 107 cm³/mol. The van der Waals surface area contributed by atoms with Gasteiger partial charge in [-0.3, -0.25) is 0 Å². The van der Waals surface area contributed by atoms with Crippen molar-refractivity contribution in [3.05, 3.63) is 48.5 Å². The Balaban J connectivity index is 0.000000280. The molecule has 0 spiro atoms. The van der Waals surface area contributed by atoms with Crippen LogP contribution in [0.25, 0.3) is 0 Å². The van der Waals surface area contributed by atoms with Gasteiger partial charge in [-0.2, -0.15) is 4.98 Å². The van der Waals surface area contributed by atoms with E-state index in [-0.39, 0.29) is 36.9 Å². The number of carbonyl (C=O) groups is 2. The summed E-state index contributed by atoms with van der Waals surface area (Å²) in [6.45, 7) is -1.01. The van der Waals surface area contributed by atoms with Crippen LogP contribution in [0.15, 0.2) is 18.2 Å².